The Labute approximate surface area is 181 Å². The third-order valence-corrected chi connectivity index (χ3v) is 4.93. The van der Waals surface area contributed by atoms with Crippen molar-refractivity contribution in [3.63, 3.8) is 0 Å². The number of pyridine rings is 1. The molecule has 3 rings (SSSR count). The summed E-state index contributed by atoms with van der Waals surface area (Å²) in [4.78, 5) is 27.8. The first-order chi connectivity index (χ1) is 14.6. The molecule has 3 aromatic rings. The standard InChI is InChI=1S/C22H30N6O3/c1-14(2)26-31-13-17-25-18-19(15-9-6-7-10-16(15)24-20(18)23)27(17)11-8-12-28(21(29)30)22(3,4)5/h6-7,9-10H,8,11-13H2,1-5H3,(H2,23,24)(H,29,30). The molecule has 0 spiro atoms. The second-order valence-electron chi connectivity index (χ2n) is 8.66. The summed E-state index contributed by atoms with van der Waals surface area (Å²) in [5.74, 6) is 1.02. The van der Waals surface area contributed by atoms with E-state index in [2.05, 4.69) is 10.1 Å². The van der Waals surface area contributed by atoms with Gasteiger partial charge in [-0.1, -0.05) is 23.4 Å². The van der Waals surface area contributed by atoms with E-state index in [0.29, 0.717) is 36.7 Å². The van der Waals surface area contributed by atoms with Crippen LogP contribution in [0.4, 0.5) is 10.6 Å². The van der Waals surface area contributed by atoms with Crippen molar-refractivity contribution in [1.82, 2.24) is 19.4 Å². The summed E-state index contributed by atoms with van der Waals surface area (Å²) in [6.45, 7) is 10.5. The SMILES string of the molecule is CC(C)=NOCc1nc2c(N)nc3ccccc3c2n1CCCN(C(=O)O)C(C)(C)C. The number of aryl methyl sites for hydroxylation is 1. The average Bonchev–Trinajstić information content (AvgIpc) is 3.03. The molecule has 1 amide bonds. The van der Waals surface area contributed by atoms with E-state index in [1.165, 1.54) is 4.90 Å². The molecular weight excluding hydrogens is 396 g/mol. The zero-order chi connectivity index (χ0) is 22.8. The van der Waals surface area contributed by atoms with Crippen molar-refractivity contribution < 1.29 is 14.7 Å². The number of nitrogens with zero attached hydrogens (tertiary/aromatic N) is 5. The summed E-state index contributed by atoms with van der Waals surface area (Å²) < 4.78 is 2.04. The first-order valence-electron chi connectivity index (χ1n) is 10.3. The molecular formula is C22H30N6O3. The Morgan fingerprint density at radius 1 is 1.26 bits per heavy atom. The first kappa shape index (κ1) is 22.3. The molecule has 9 nitrogen and oxygen atoms in total. The number of hydrogen-bond donors (Lipinski definition) is 2. The maximum Gasteiger partial charge on any atom is 0.407 e. The van der Waals surface area contributed by atoms with Crippen LogP contribution in [-0.2, 0) is 18.0 Å². The minimum atomic E-state index is -0.932. The van der Waals surface area contributed by atoms with Crippen LogP contribution < -0.4 is 5.73 Å². The van der Waals surface area contributed by atoms with Gasteiger partial charge in [0.15, 0.2) is 18.2 Å². The molecule has 0 aliphatic rings. The number of anilines is 1. The number of imidazole rings is 1. The fourth-order valence-corrected chi connectivity index (χ4v) is 3.58. The van der Waals surface area contributed by atoms with Gasteiger partial charge >= 0.3 is 6.09 Å². The van der Waals surface area contributed by atoms with Crippen LogP contribution in [0.3, 0.4) is 0 Å². The third-order valence-electron chi connectivity index (χ3n) is 4.93. The first-order valence-corrected chi connectivity index (χ1v) is 10.3. The van der Waals surface area contributed by atoms with Crippen molar-refractivity contribution >= 4 is 39.6 Å². The van der Waals surface area contributed by atoms with Gasteiger partial charge in [-0.3, -0.25) is 0 Å². The normalized spacial score (nSPS) is 11.6. The van der Waals surface area contributed by atoms with Gasteiger partial charge in [-0.15, -0.1) is 0 Å². The Bertz CT molecular complexity index is 1130. The molecule has 1 aromatic carbocycles. The number of fused-ring (bicyclic) bond motifs is 3. The highest BCUT2D eigenvalue weighted by molar-refractivity contribution is 6.06. The van der Waals surface area contributed by atoms with E-state index in [4.69, 9.17) is 15.6 Å². The largest absolute Gasteiger partial charge is 0.465 e. The summed E-state index contributed by atoms with van der Waals surface area (Å²) >= 11 is 0. The number of rotatable bonds is 7. The van der Waals surface area contributed by atoms with Crippen molar-refractivity contribution in [2.24, 2.45) is 5.16 Å². The van der Waals surface area contributed by atoms with Crippen LogP contribution in [0.1, 0.15) is 46.9 Å². The summed E-state index contributed by atoms with van der Waals surface area (Å²) in [5.41, 5.74) is 8.80. The minimum Gasteiger partial charge on any atom is -0.465 e. The molecule has 0 bridgehead atoms. The quantitative estimate of drug-likeness (QED) is 0.431. The molecule has 9 heteroatoms. The number of nitrogens with two attached hydrogens (primary N) is 1. The number of amides is 1. The second kappa shape index (κ2) is 8.79. The molecule has 0 unspecified atom stereocenters. The lowest BCUT2D eigenvalue weighted by Crippen LogP contribution is -2.45. The third kappa shape index (κ3) is 4.87. The van der Waals surface area contributed by atoms with E-state index in [1.54, 1.807) is 0 Å². The van der Waals surface area contributed by atoms with Gasteiger partial charge in [0, 0.05) is 24.0 Å². The lowest BCUT2D eigenvalue weighted by atomic mass is 10.1. The Morgan fingerprint density at radius 2 is 1.97 bits per heavy atom. The Balaban J connectivity index is 2.02. The molecule has 3 N–H and O–H groups in total. The number of para-hydroxylation sites is 1. The minimum absolute atomic E-state index is 0.176. The number of aromatic nitrogens is 3. The van der Waals surface area contributed by atoms with Gasteiger partial charge in [0.25, 0.3) is 0 Å². The highest BCUT2D eigenvalue weighted by Gasteiger charge is 2.26. The number of carbonyl (C=O) groups is 1. The summed E-state index contributed by atoms with van der Waals surface area (Å²) in [6, 6.07) is 7.76. The number of hydrogen-bond acceptors (Lipinski definition) is 6. The van der Waals surface area contributed by atoms with Crippen molar-refractivity contribution in [3.05, 3.63) is 30.1 Å². The Hall–Kier alpha value is -3.36. The number of benzene rings is 1. The van der Waals surface area contributed by atoms with Crippen molar-refractivity contribution in [1.29, 1.82) is 0 Å². The summed E-state index contributed by atoms with van der Waals surface area (Å²) in [5, 5.41) is 14.5. The number of oxime groups is 1. The van der Waals surface area contributed by atoms with E-state index < -0.39 is 11.6 Å². The topological polar surface area (TPSA) is 119 Å². The van der Waals surface area contributed by atoms with Gasteiger partial charge in [-0.2, -0.15) is 0 Å². The van der Waals surface area contributed by atoms with Crippen LogP contribution in [0.2, 0.25) is 0 Å². The molecule has 166 valence electrons. The molecule has 0 atom stereocenters. The second-order valence-corrected chi connectivity index (χ2v) is 8.66. The molecule has 0 fully saturated rings. The predicted octanol–water partition coefficient (Wildman–Crippen LogP) is 4.25. The van der Waals surface area contributed by atoms with Gasteiger partial charge in [0.1, 0.15) is 5.52 Å². The maximum atomic E-state index is 11.7. The lowest BCUT2D eigenvalue weighted by Gasteiger charge is -2.33. The van der Waals surface area contributed by atoms with E-state index in [9.17, 15) is 9.90 Å². The van der Waals surface area contributed by atoms with Crippen LogP contribution in [0, 0.1) is 0 Å². The Kier molecular flexibility index (Phi) is 6.33. The lowest BCUT2D eigenvalue weighted by molar-refractivity contribution is 0.0980. The van der Waals surface area contributed by atoms with Gasteiger partial charge in [-0.05, 0) is 47.1 Å². The molecule has 0 saturated heterocycles. The van der Waals surface area contributed by atoms with E-state index in [0.717, 1.165) is 22.1 Å². The van der Waals surface area contributed by atoms with Gasteiger partial charge in [-0.25, -0.2) is 14.8 Å². The summed E-state index contributed by atoms with van der Waals surface area (Å²) in [6.07, 6.45) is -0.326. The fraction of sp³-hybridized carbons (Fsp3) is 0.455. The Morgan fingerprint density at radius 3 is 2.61 bits per heavy atom. The van der Waals surface area contributed by atoms with Crippen molar-refractivity contribution in [2.75, 3.05) is 12.3 Å². The van der Waals surface area contributed by atoms with Crippen LogP contribution in [0.5, 0.6) is 0 Å². The average molecular weight is 427 g/mol. The van der Waals surface area contributed by atoms with Gasteiger partial charge in [0.2, 0.25) is 0 Å². The zero-order valence-corrected chi connectivity index (χ0v) is 18.7. The molecule has 0 saturated carbocycles. The molecule has 31 heavy (non-hydrogen) atoms. The van der Waals surface area contributed by atoms with Crippen LogP contribution >= 0.6 is 0 Å². The molecule has 0 aliphatic carbocycles. The van der Waals surface area contributed by atoms with Crippen LogP contribution in [-0.4, -0.2) is 48.4 Å². The van der Waals surface area contributed by atoms with Gasteiger partial charge in [0.05, 0.1) is 16.7 Å². The van der Waals surface area contributed by atoms with Crippen molar-refractivity contribution in [3.8, 4) is 0 Å². The van der Waals surface area contributed by atoms with Gasteiger partial charge < -0.3 is 25.1 Å². The number of nitrogen functional groups attached to an aromatic ring is 1. The van der Waals surface area contributed by atoms with Crippen LogP contribution in [0.25, 0.3) is 21.9 Å². The maximum absolute atomic E-state index is 11.7. The summed E-state index contributed by atoms with van der Waals surface area (Å²) in [7, 11) is 0. The predicted molar refractivity (Wildman–Crippen MR) is 122 cm³/mol. The number of carboxylic acid groups (broad SMARTS) is 1. The smallest absolute Gasteiger partial charge is 0.407 e. The van der Waals surface area contributed by atoms with Crippen LogP contribution in [0.15, 0.2) is 29.4 Å². The fourth-order valence-electron chi connectivity index (χ4n) is 3.58. The molecule has 0 radical (unpaired) electrons. The molecule has 0 aliphatic heterocycles. The van der Waals surface area contributed by atoms with Crippen molar-refractivity contribution in [2.45, 2.75) is 59.7 Å². The van der Waals surface area contributed by atoms with E-state index >= 15 is 0 Å². The van der Waals surface area contributed by atoms with E-state index in [-0.39, 0.29) is 6.61 Å². The molecule has 2 aromatic heterocycles. The van der Waals surface area contributed by atoms with E-state index in [1.807, 2.05) is 63.5 Å². The zero-order valence-electron chi connectivity index (χ0n) is 18.7. The highest BCUT2D eigenvalue weighted by atomic mass is 16.6. The molecule has 2 heterocycles. The highest BCUT2D eigenvalue weighted by Crippen LogP contribution is 2.29. The monoisotopic (exact) mass is 426 g/mol.